The molecule has 224 valence electrons. The van der Waals surface area contributed by atoms with Crippen molar-refractivity contribution in [1.82, 2.24) is 9.80 Å². The van der Waals surface area contributed by atoms with Crippen LogP contribution in [0.25, 0.3) is 0 Å². The summed E-state index contributed by atoms with van der Waals surface area (Å²) >= 11 is 5.88. The fraction of sp³-hybridized carbons (Fsp3) is 0.548. The summed E-state index contributed by atoms with van der Waals surface area (Å²) in [6.45, 7) is 6.20. The van der Waals surface area contributed by atoms with Gasteiger partial charge in [0.25, 0.3) is 17.4 Å². The molecule has 0 radical (unpaired) electrons. The second-order valence-electron chi connectivity index (χ2n) is 12.2. The van der Waals surface area contributed by atoms with E-state index in [4.69, 9.17) is 11.6 Å². The predicted molar refractivity (Wildman–Crippen MR) is 154 cm³/mol. The molecule has 1 unspecified atom stereocenters. The Morgan fingerprint density at radius 1 is 1.05 bits per heavy atom. The van der Waals surface area contributed by atoms with E-state index in [0.717, 1.165) is 60.6 Å². The SMILES string of the molecule is Cc1cc(N2CCC(CC3(C)CCN(C(=O)C(O)(c4cccc(Cl)c4)C(F)(F)F)CC3)CC2)ccc1C(=O)N(C)C. The van der Waals surface area contributed by atoms with Crippen LogP contribution in [-0.4, -0.2) is 73.2 Å². The van der Waals surface area contributed by atoms with Crippen molar-refractivity contribution < 1.29 is 27.9 Å². The zero-order valence-electron chi connectivity index (χ0n) is 24.1. The third-order valence-electron chi connectivity index (χ3n) is 8.83. The summed E-state index contributed by atoms with van der Waals surface area (Å²) in [5.41, 5.74) is -1.56. The summed E-state index contributed by atoms with van der Waals surface area (Å²) in [4.78, 5) is 30.6. The molecule has 1 N–H and O–H groups in total. The molecule has 1 atom stereocenters. The van der Waals surface area contributed by atoms with Crippen LogP contribution in [0.15, 0.2) is 42.5 Å². The number of aliphatic hydroxyl groups is 1. The highest BCUT2D eigenvalue weighted by Crippen LogP contribution is 2.44. The van der Waals surface area contributed by atoms with E-state index in [1.807, 2.05) is 19.1 Å². The van der Waals surface area contributed by atoms with Crippen LogP contribution in [0.1, 0.15) is 60.5 Å². The first-order chi connectivity index (χ1) is 19.1. The summed E-state index contributed by atoms with van der Waals surface area (Å²) in [5, 5.41) is 10.8. The third-order valence-corrected chi connectivity index (χ3v) is 9.06. The van der Waals surface area contributed by atoms with Gasteiger partial charge in [-0.2, -0.15) is 13.2 Å². The molecule has 10 heteroatoms. The van der Waals surface area contributed by atoms with Crippen LogP contribution in [0.3, 0.4) is 0 Å². The monoisotopic (exact) mass is 593 g/mol. The molecule has 2 aromatic carbocycles. The van der Waals surface area contributed by atoms with E-state index >= 15 is 0 Å². The number of hydrogen-bond donors (Lipinski definition) is 1. The highest BCUT2D eigenvalue weighted by Gasteiger charge is 2.62. The zero-order chi connectivity index (χ0) is 30.2. The Hall–Kier alpha value is -2.78. The summed E-state index contributed by atoms with van der Waals surface area (Å²) in [7, 11) is 3.48. The number of halogens is 4. The van der Waals surface area contributed by atoms with Crippen molar-refractivity contribution in [2.75, 3.05) is 45.2 Å². The lowest BCUT2D eigenvalue weighted by Crippen LogP contribution is -2.57. The molecule has 0 spiro atoms. The fourth-order valence-electron chi connectivity index (χ4n) is 6.22. The van der Waals surface area contributed by atoms with Crippen LogP contribution >= 0.6 is 11.6 Å². The number of likely N-dealkylation sites (tertiary alicyclic amines) is 1. The quantitative estimate of drug-likeness (QED) is 0.444. The molecule has 2 amide bonds. The molecular weight excluding hydrogens is 555 g/mol. The third kappa shape index (κ3) is 6.51. The molecule has 0 aromatic heterocycles. The number of carbonyl (C=O) groups is 2. The minimum Gasteiger partial charge on any atom is -0.372 e. The van der Waals surface area contributed by atoms with Crippen LogP contribution in [0, 0.1) is 18.3 Å². The van der Waals surface area contributed by atoms with Gasteiger partial charge in [-0.15, -0.1) is 0 Å². The minimum atomic E-state index is -5.19. The molecule has 2 fully saturated rings. The molecule has 0 bridgehead atoms. The van der Waals surface area contributed by atoms with E-state index < -0.39 is 23.2 Å². The van der Waals surface area contributed by atoms with Crippen molar-refractivity contribution in [3.63, 3.8) is 0 Å². The molecule has 4 rings (SSSR count). The van der Waals surface area contributed by atoms with Gasteiger partial charge < -0.3 is 19.8 Å². The molecule has 2 aliphatic rings. The number of benzene rings is 2. The van der Waals surface area contributed by atoms with Crippen molar-refractivity contribution in [1.29, 1.82) is 0 Å². The first kappa shape index (κ1) is 31.2. The molecular formula is C31H39ClF3N3O3. The van der Waals surface area contributed by atoms with Crippen molar-refractivity contribution in [3.8, 4) is 0 Å². The van der Waals surface area contributed by atoms with Gasteiger partial charge in [0.1, 0.15) is 0 Å². The zero-order valence-corrected chi connectivity index (χ0v) is 24.9. The smallest absolute Gasteiger partial charge is 0.372 e. The second kappa shape index (κ2) is 11.8. The lowest BCUT2D eigenvalue weighted by molar-refractivity contribution is -0.262. The second-order valence-corrected chi connectivity index (χ2v) is 12.6. The van der Waals surface area contributed by atoms with E-state index in [2.05, 4.69) is 17.9 Å². The first-order valence-electron chi connectivity index (χ1n) is 14.1. The van der Waals surface area contributed by atoms with Gasteiger partial charge in [0.15, 0.2) is 0 Å². The van der Waals surface area contributed by atoms with Crippen molar-refractivity contribution in [3.05, 3.63) is 64.2 Å². The normalized spacial score (nSPS) is 19.5. The number of rotatable bonds is 6. The number of anilines is 1. The number of amides is 2. The summed E-state index contributed by atoms with van der Waals surface area (Å²) < 4.78 is 42.3. The Labute approximate surface area is 245 Å². The molecule has 2 aromatic rings. The Morgan fingerprint density at radius 2 is 1.68 bits per heavy atom. The Morgan fingerprint density at radius 3 is 2.22 bits per heavy atom. The van der Waals surface area contributed by atoms with Gasteiger partial charge in [-0.25, -0.2) is 0 Å². The number of carbonyl (C=O) groups excluding carboxylic acids is 2. The maximum atomic E-state index is 14.1. The molecule has 0 saturated carbocycles. The highest BCUT2D eigenvalue weighted by molar-refractivity contribution is 6.30. The van der Waals surface area contributed by atoms with E-state index in [0.29, 0.717) is 24.3 Å². The number of alkyl halides is 3. The highest BCUT2D eigenvalue weighted by atomic mass is 35.5. The van der Waals surface area contributed by atoms with Crippen molar-refractivity contribution in [2.45, 2.75) is 57.7 Å². The van der Waals surface area contributed by atoms with E-state index in [-0.39, 0.29) is 29.4 Å². The lowest BCUT2D eigenvalue weighted by atomic mass is 9.71. The summed E-state index contributed by atoms with van der Waals surface area (Å²) in [6.07, 6.45) is -1.11. The Balaban J connectivity index is 1.34. The van der Waals surface area contributed by atoms with E-state index in [1.165, 1.54) is 12.1 Å². The summed E-state index contributed by atoms with van der Waals surface area (Å²) in [5.74, 6) is -0.884. The van der Waals surface area contributed by atoms with Crippen LogP contribution in [0.4, 0.5) is 18.9 Å². The van der Waals surface area contributed by atoms with Gasteiger partial charge in [0.05, 0.1) is 0 Å². The number of piperidine rings is 2. The average Bonchev–Trinajstić information content (AvgIpc) is 2.92. The molecule has 6 nitrogen and oxygen atoms in total. The van der Waals surface area contributed by atoms with Crippen molar-refractivity contribution in [2.24, 2.45) is 11.3 Å². The topological polar surface area (TPSA) is 64.1 Å². The summed E-state index contributed by atoms with van der Waals surface area (Å²) in [6, 6.07) is 10.7. The van der Waals surface area contributed by atoms with Gasteiger partial charge >= 0.3 is 6.18 Å². The average molecular weight is 594 g/mol. The maximum absolute atomic E-state index is 14.1. The fourth-order valence-corrected chi connectivity index (χ4v) is 6.41. The van der Waals surface area contributed by atoms with Gasteiger partial charge in [-0.1, -0.05) is 30.7 Å². The number of nitrogens with zero attached hydrogens (tertiary/aromatic N) is 3. The van der Waals surface area contributed by atoms with Crippen LogP contribution < -0.4 is 4.90 Å². The van der Waals surface area contributed by atoms with E-state index in [1.54, 1.807) is 19.0 Å². The van der Waals surface area contributed by atoms with Gasteiger partial charge in [-0.3, -0.25) is 9.59 Å². The number of aryl methyl sites for hydroxylation is 1. The standard InChI is InChI=1S/C31H39ClF3N3O3/c1-21-18-25(8-9-26(21)27(39)36(3)4)37-14-10-22(11-15-37)20-29(2)12-16-38(17-13-29)28(40)30(41,31(33,34)35)23-6-5-7-24(32)19-23/h5-9,18-19,22,41H,10-17,20H2,1-4H3. The lowest BCUT2D eigenvalue weighted by Gasteiger charge is -2.45. The van der Waals surface area contributed by atoms with Gasteiger partial charge in [-0.05, 0) is 86.3 Å². The maximum Gasteiger partial charge on any atom is 0.430 e. The molecule has 2 heterocycles. The number of hydrogen-bond acceptors (Lipinski definition) is 4. The van der Waals surface area contributed by atoms with Gasteiger partial charge in [0, 0.05) is 62.1 Å². The molecule has 0 aliphatic carbocycles. The van der Waals surface area contributed by atoms with Crippen molar-refractivity contribution >= 4 is 29.1 Å². The van der Waals surface area contributed by atoms with Crippen LogP contribution in [0.2, 0.25) is 5.02 Å². The molecule has 2 aliphatic heterocycles. The van der Waals surface area contributed by atoms with Crippen LogP contribution in [-0.2, 0) is 10.4 Å². The predicted octanol–water partition coefficient (Wildman–Crippen LogP) is 6.04. The van der Waals surface area contributed by atoms with Crippen LogP contribution in [0.5, 0.6) is 0 Å². The largest absolute Gasteiger partial charge is 0.430 e. The minimum absolute atomic E-state index is 0.0127. The Bertz CT molecular complexity index is 1270. The van der Waals surface area contributed by atoms with E-state index in [9.17, 15) is 27.9 Å². The van der Waals surface area contributed by atoms with Gasteiger partial charge in [0.2, 0.25) is 0 Å². The first-order valence-corrected chi connectivity index (χ1v) is 14.4. The Kier molecular flexibility index (Phi) is 9.00. The molecule has 2 saturated heterocycles. The molecule has 41 heavy (non-hydrogen) atoms.